The molecule has 3 aromatic carbocycles. The van der Waals surface area contributed by atoms with Gasteiger partial charge >= 0.3 is 132 Å². The Labute approximate surface area is 652 Å². The number of rotatable bonds is 0. The van der Waals surface area contributed by atoms with Crippen LogP contribution in [0.25, 0.3) is 22.3 Å². The summed E-state index contributed by atoms with van der Waals surface area (Å²) in [6.07, 6.45) is 26.3. The second kappa shape index (κ2) is 35.1. The second-order valence-corrected chi connectivity index (χ2v) is 37.2. The van der Waals surface area contributed by atoms with Gasteiger partial charge in [0.1, 0.15) is 24.7 Å². The minimum Gasteiger partial charge on any atom is -0.491 e. The van der Waals surface area contributed by atoms with E-state index in [-0.39, 0.29) is 0 Å². The van der Waals surface area contributed by atoms with Crippen LogP contribution in [0.15, 0.2) is 224 Å². The summed E-state index contributed by atoms with van der Waals surface area (Å²) in [5.74, 6) is 1.54. The third kappa shape index (κ3) is 44.1. The topological polar surface area (TPSA) is 99.2 Å². The fourth-order valence-corrected chi connectivity index (χ4v) is 15.4. The first-order valence-electron chi connectivity index (χ1n) is 33.4. The van der Waals surface area contributed by atoms with Gasteiger partial charge in [0, 0.05) is 128 Å². The molecule has 0 spiro atoms. The average Bonchev–Trinajstić information content (AvgIpc) is 1.62. The van der Waals surface area contributed by atoms with E-state index in [1.54, 1.807) is 0 Å². The number of thioether (sulfide) groups is 4. The van der Waals surface area contributed by atoms with Gasteiger partial charge in [0.25, 0.3) is 0 Å². The Balaban J connectivity index is 0.000000215. The molecule has 33 rings (SSSR count). The molecule has 634 valence electrons. The number of pyridine rings is 4. The molecule has 0 atom stereocenters. The van der Waals surface area contributed by atoms with E-state index in [0.717, 1.165) is 50.8 Å². The van der Waals surface area contributed by atoms with Crippen LogP contribution in [0, 0.1) is 0 Å². The average molecular weight is 1810 g/mol. The van der Waals surface area contributed by atoms with E-state index in [2.05, 4.69) is 199 Å². The predicted molar refractivity (Wildman–Crippen MR) is 390 cm³/mol. The largest absolute Gasteiger partial charge is 0.491 e. The van der Waals surface area contributed by atoms with Gasteiger partial charge in [-0.2, -0.15) is 0 Å². The van der Waals surface area contributed by atoms with E-state index in [1.807, 2.05) is 71.3 Å². The molecule has 22 bridgehead atoms. The normalized spacial score (nSPS) is 18.3. The molecule has 0 saturated heterocycles. The maximum absolute atomic E-state index is 10.7. The van der Waals surface area contributed by atoms with Crippen molar-refractivity contribution in [2.45, 2.75) is 58.9 Å². The molecule has 0 saturated carbocycles. The first-order chi connectivity index (χ1) is 52.3. The van der Waals surface area contributed by atoms with Crippen LogP contribution in [0.2, 0.25) is 0 Å². The zero-order valence-electron chi connectivity index (χ0n) is 59.1. The summed E-state index contributed by atoms with van der Waals surface area (Å²) in [7, 11) is -42.6. The number of benzene rings is 3. The Morgan fingerprint density at radius 2 is 0.412 bits per heavy atom. The number of hydrogen-bond acceptors (Lipinski definition) is 12. The fourth-order valence-electron chi connectivity index (χ4n) is 9.96. The van der Waals surface area contributed by atoms with E-state index >= 15 is 0 Å². The predicted octanol–water partition coefficient (Wildman–Crippen LogP) is 24.3. The van der Waals surface area contributed by atoms with Gasteiger partial charge in [-0.15, -0.1) is 0 Å². The van der Waals surface area contributed by atoms with Crippen LogP contribution in [-0.4, -0.2) is 102 Å². The van der Waals surface area contributed by atoms with Crippen LogP contribution < -0.4 is 27.7 Å². The summed E-state index contributed by atoms with van der Waals surface area (Å²) < 4.78 is 298. The Kier molecular flexibility index (Phi) is 28.6. The molecule has 24 aliphatic heterocycles. The first kappa shape index (κ1) is 92.9. The van der Waals surface area contributed by atoms with Gasteiger partial charge in [0.15, 0.2) is 75.8 Å². The molecule has 0 N–H and O–H groups in total. The smallest absolute Gasteiger partial charge is 0.173 e. The molecule has 0 aliphatic carbocycles. The van der Waals surface area contributed by atoms with E-state index < -0.39 is 31.2 Å². The van der Waals surface area contributed by atoms with E-state index in [1.165, 1.54) is 72.6 Å². The van der Waals surface area contributed by atoms with Crippen molar-refractivity contribution in [3.8, 4) is 33.8 Å². The van der Waals surface area contributed by atoms with E-state index in [0.29, 0.717) is 92.5 Å². The summed E-state index contributed by atoms with van der Waals surface area (Å²) in [5, 5.41) is 0. The van der Waals surface area contributed by atoms with Crippen molar-refractivity contribution in [1.82, 2.24) is 9.13 Å². The van der Waals surface area contributed by atoms with Gasteiger partial charge < -0.3 is 47.0 Å². The minimum absolute atomic E-state index is 0.469. The summed E-state index contributed by atoms with van der Waals surface area (Å²) in [5.41, 5.74) is 10.1. The van der Waals surface area contributed by atoms with Gasteiger partial charge in [0.2, 0.25) is 0 Å². The standard InChI is InChI=1S/C36H32N4.C32H40N2O8S4.4F6P/c1-2-30-4-3-29(1)25-37-17-9-33(10-18-37)35-13-21-39(22-14-35)27-31-5-7-32(8-6-31)28-40-23-15-36(16-24-40)34-11-19-38(26-30)20-12-34;1-2-26-4-3-25(1)41-19-17-39-15-13-37-11-9-35-7-5-33-21-27-28(22-33)44-31(43-27)32-45-29-23-34(24-30(29)46-32)6-8-36-10-12-38-14-16-40-18-20-42-26;4*1-7(2,3,4,5)6/h1-24H,25-28H2;1-4,21-24H,5-20H2;;;;/q+4;;4*-1. The number of nitrogens with zero attached hydrogens (tertiary/aromatic N) is 6. The fraction of sp³-hybridized carbons (Fsp3) is 0.294. The quantitative estimate of drug-likeness (QED) is 0.0821. The molecule has 0 radical (unpaired) electrons. The van der Waals surface area contributed by atoms with Gasteiger partial charge in [-0.25, -0.2) is 18.3 Å². The molecule has 30 heterocycles. The third-order valence-electron chi connectivity index (χ3n) is 14.6. The molecule has 0 amide bonds. The Morgan fingerprint density at radius 3 is 0.605 bits per heavy atom. The number of aromatic nitrogens is 6. The van der Waals surface area contributed by atoms with Crippen LogP contribution in [0.1, 0.15) is 22.3 Å². The van der Waals surface area contributed by atoms with Gasteiger partial charge in [-0.05, 0) is 46.5 Å². The first-order valence-corrected chi connectivity index (χ1v) is 44.8. The van der Waals surface area contributed by atoms with Crippen molar-refractivity contribution in [3.05, 3.63) is 226 Å². The summed E-state index contributed by atoms with van der Waals surface area (Å²) in [6, 6.07) is 43.1. The van der Waals surface area contributed by atoms with Crippen molar-refractivity contribution < 1.29 is 157 Å². The number of hydrogen-bond donors (Lipinski definition) is 0. The molecular weight excluding hydrogens is 1740 g/mol. The molecule has 46 heteroatoms. The van der Waals surface area contributed by atoms with Crippen molar-refractivity contribution in [2.75, 3.05) is 92.5 Å². The van der Waals surface area contributed by atoms with Crippen molar-refractivity contribution >= 4 is 78.3 Å². The summed E-state index contributed by atoms with van der Waals surface area (Å²) in [4.78, 5) is 5.28. The van der Waals surface area contributed by atoms with E-state index in [9.17, 15) is 101 Å². The second-order valence-electron chi connectivity index (χ2n) is 24.8. The van der Waals surface area contributed by atoms with Gasteiger partial charge in [-0.3, -0.25) is 0 Å². The maximum atomic E-state index is 9.87. The molecule has 6 aromatic heterocycles. The molecular formula is C68H72F24N6O8P4S4. The van der Waals surface area contributed by atoms with Crippen molar-refractivity contribution in [1.29, 1.82) is 0 Å². The molecule has 0 unspecified atom stereocenters. The molecule has 114 heavy (non-hydrogen) atoms. The van der Waals surface area contributed by atoms with Crippen molar-refractivity contribution in [3.63, 3.8) is 0 Å². The van der Waals surface area contributed by atoms with Crippen LogP contribution in [0.3, 0.4) is 0 Å². The van der Waals surface area contributed by atoms with Crippen LogP contribution >= 0.6 is 78.3 Å². The van der Waals surface area contributed by atoms with Crippen LogP contribution in [-0.2, 0) is 67.7 Å². The summed E-state index contributed by atoms with van der Waals surface area (Å²) in [6.45, 7) is 12.6. The molecule has 24 aliphatic rings. The Hall–Kier alpha value is -6.64. The van der Waals surface area contributed by atoms with Gasteiger partial charge in [0.05, 0.1) is 87.8 Å². The zero-order chi connectivity index (χ0) is 83.6. The van der Waals surface area contributed by atoms with Crippen molar-refractivity contribution in [2.24, 2.45) is 0 Å². The molecule has 14 nitrogen and oxygen atoms in total. The Morgan fingerprint density at radius 1 is 0.237 bits per heavy atom. The summed E-state index contributed by atoms with van der Waals surface area (Å²) >= 11 is 7.48. The Bertz CT molecular complexity index is 4080. The third-order valence-corrected chi connectivity index (χ3v) is 20.1. The van der Waals surface area contributed by atoms with Crippen LogP contribution in [0.5, 0.6) is 11.5 Å². The zero-order valence-corrected chi connectivity index (χ0v) is 65.9. The van der Waals surface area contributed by atoms with E-state index in [4.69, 9.17) is 37.9 Å². The van der Waals surface area contributed by atoms with Crippen LogP contribution in [0.4, 0.5) is 101 Å². The number of halogens is 24. The minimum atomic E-state index is -10.7. The monoisotopic (exact) mass is 1810 g/mol. The number of ether oxygens (including phenoxy) is 8. The molecule has 9 aromatic rings. The SMILES string of the molecule is F[P-](F)(F)(F)(F)F.F[P-](F)(F)(F)(F)F.F[P-](F)(F)(F)(F)F.F[P-](F)(F)(F)(F)F.c1cc2ccc1C[n+]1ccc(cc1)-c1cc[n+](cc1)Cc1ccc(cc1)C[n+]1ccc(cc1)-c1cc[n+](cc1)C2.c1cc2ccc1OCCOCCOCCOCCn1cc3c(c1)SC(=C1Sc4cn(cc4S1)CCOCCOCCOCCO2)S3. The molecule has 0 fully saturated rings. The van der Waals surface area contributed by atoms with Gasteiger partial charge in [-0.1, -0.05) is 95.6 Å². The maximum Gasteiger partial charge on any atom is 0.173 e.